The van der Waals surface area contributed by atoms with Gasteiger partial charge in [-0.05, 0) is 29.8 Å². The number of rotatable bonds is 1. The molecule has 3 nitrogen and oxygen atoms in total. The Kier molecular flexibility index (Phi) is 3.18. The van der Waals surface area contributed by atoms with E-state index in [0.29, 0.717) is 15.8 Å². The van der Waals surface area contributed by atoms with Crippen LogP contribution in [0.25, 0.3) is 11.1 Å². The standard InChI is InChI=1S/C11H5ClFN3S/c12-10-4-9(11(17)16-15-10)7-1-6(5-14)2-8(13)3-7/h1-4H,(H,16,17). The molecule has 1 aromatic heterocycles. The second-order valence-electron chi connectivity index (χ2n) is 3.27. The minimum atomic E-state index is -0.499. The van der Waals surface area contributed by atoms with Crippen molar-refractivity contribution in [2.45, 2.75) is 0 Å². The van der Waals surface area contributed by atoms with Crippen molar-refractivity contribution in [2.24, 2.45) is 0 Å². The Bertz CT molecular complexity index is 675. The Hall–Kier alpha value is -1.77. The van der Waals surface area contributed by atoms with E-state index < -0.39 is 5.82 Å². The zero-order chi connectivity index (χ0) is 12.4. The first-order chi connectivity index (χ1) is 8.10. The third-order valence-electron chi connectivity index (χ3n) is 2.11. The minimum absolute atomic E-state index is 0.219. The van der Waals surface area contributed by atoms with Crippen LogP contribution in [0.3, 0.4) is 0 Å². The van der Waals surface area contributed by atoms with Crippen LogP contribution in [0.5, 0.6) is 0 Å². The van der Waals surface area contributed by atoms with Gasteiger partial charge in [-0.3, -0.25) is 5.10 Å². The highest BCUT2D eigenvalue weighted by atomic mass is 35.5. The van der Waals surface area contributed by atoms with Crippen LogP contribution in [0.2, 0.25) is 5.15 Å². The molecule has 0 saturated heterocycles. The maximum atomic E-state index is 13.3. The lowest BCUT2D eigenvalue weighted by Crippen LogP contribution is -1.89. The second-order valence-corrected chi connectivity index (χ2v) is 4.07. The third kappa shape index (κ3) is 2.49. The summed E-state index contributed by atoms with van der Waals surface area (Å²) in [4.78, 5) is 0. The van der Waals surface area contributed by atoms with E-state index in [2.05, 4.69) is 10.2 Å². The van der Waals surface area contributed by atoms with Crippen molar-refractivity contribution in [2.75, 3.05) is 0 Å². The first-order valence-electron chi connectivity index (χ1n) is 4.56. The van der Waals surface area contributed by atoms with E-state index in [1.54, 1.807) is 6.07 Å². The lowest BCUT2D eigenvalue weighted by Gasteiger charge is -2.03. The van der Waals surface area contributed by atoms with Gasteiger partial charge >= 0.3 is 0 Å². The van der Waals surface area contributed by atoms with Gasteiger partial charge in [0.15, 0.2) is 0 Å². The SMILES string of the molecule is N#Cc1cc(F)cc(-c2cc(Cl)n[nH]c2=S)c1. The predicted molar refractivity (Wildman–Crippen MR) is 64.5 cm³/mol. The summed E-state index contributed by atoms with van der Waals surface area (Å²) in [6, 6.07) is 7.38. The number of hydrogen-bond acceptors (Lipinski definition) is 3. The van der Waals surface area contributed by atoms with Gasteiger partial charge in [-0.15, -0.1) is 0 Å². The molecule has 1 aromatic carbocycles. The zero-order valence-electron chi connectivity index (χ0n) is 8.37. The molecule has 0 saturated carbocycles. The molecule has 1 N–H and O–H groups in total. The molecule has 0 fully saturated rings. The van der Waals surface area contributed by atoms with Crippen LogP contribution in [0.4, 0.5) is 4.39 Å². The molecule has 0 aliphatic heterocycles. The molecule has 84 valence electrons. The van der Waals surface area contributed by atoms with E-state index >= 15 is 0 Å². The first kappa shape index (κ1) is 11.7. The summed E-state index contributed by atoms with van der Waals surface area (Å²) in [5, 5.41) is 15.2. The molecule has 0 aliphatic carbocycles. The van der Waals surface area contributed by atoms with E-state index in [4.69, 9.17) is 29.1 Å². The first-order valence-corrected chi connectivity index (χ1v) is 5.35. The van der Waals surface area contributed by atoms with Crippen molar-refractivity contribution >= 4 is 23.8 Å². The molecule has 6 heteroatoms. The van der Waals surface area contributed by atoms with Gasteiger partial charge in [0.1, 0.15) is 15.6 Å². The second kappa shape index (κ2) is 4.62. The molecule has 0 spiro atoms. The number of nitriles is 1. The largest absolute Gasteiger partial charge is 0.266 e. The zero-order valence-corrected chi connectivity index (χ0v) is 9.94. The van der Waals surface area contributed by atoms with Gasteiger partial charge in [-0.1, -0.05) is 23.8 Å². The van der Waals surface area contributed by atoms with Crippen molar-refractivity contribution in [1.29, 1.82) is 5.26 Å². The van der Waals surface area contributed by atoms with E-state index in [1.165, 1.54) is 12.1 Å². The van der Waals surface area contributed by atoms with Crippen molar-refractivity contribution in [1.82, 2.24) is 10.2 Å². The van der Waals surface area contributed by atoms with Crippen LogP contribution in [0.15, 0.2) is 24.3 Å². The Morgan fingerprint density at radius 1 is 1.35 bits per heavy atom. The van der Waals surface area contributed by atoms with Crippen molar-refractivity contribution < 1.29 is 4.39 Å². The normalized spacial score (nSPS) is 9.94. The molecule has 0 amide bonds. The van der Waals surface area contributed by atoms with Gasteiger partial charge in [-0.2, -0.15) is 10.4 Å². The molecule has 0 aliphatic rings. The number of hydrogen-bond donors (Lipinski definition) is 1. The van der Waals surface area contributed by atoms with Gasteiger partial charge in [0.25, 0.3) is 0 Å². The fourth-order valence-corrected chi connectivity index (χ4v) is 1.78. The maximum absolute atomic E-state index is 13.3. The van der Waals surface area contributed by atoms with Gasteiger partial charge in [0, 0.05) is 5.56 Å². The molecular weight excluding hydrogens is 261 g/mol. The molecule has 0 bridgehead atoms. The van der Waals surface area contributed by atoms with Crippen LogP contribution in [0, 0.1) is 21.8 Å². The van der Waals surface area contributed by atoms with Gasteiger partial charge < -0.3 is 0 Å². The Labute approximate surface area is 106 Å². The van der Waals surface area contributed by atoms with Crippen LogP contribution < -0.4 is 0 Å². The minimum Gasteiger partial charge on any atom is -0.266 e. The van der Waals surface area contributed by atoms with Gasteiger partial charge in [0.05, 0.1) is 11.6 Å². The summed E-state index contributed by atoms with van der Waals surface area (Å²) in [7, 11) is 0. The van der Waals surface area contributed by atoms with Crippen LogP contribution in [-0.4, -0.2) is 10.2 Å². The number of halogens is 2. The van der Waals surface area contributed by atoms with Crippen LogP contribution in [-0.2, 0) is 0 Å². The average Bonchev–Trinajstić information content (AvgIpc) is 2.31. The summed E-state index contributed by atoms with van der Waals surface area (Å²) >= 11 is 10.8. The summed E-state index contributed by atoms with van der Waals surface area (Å²) in [6.45, 7) is 0. The highest BCUT2D eigenvalue weighted by Gasteiger charge is 2.06. The molecule has 1 heterocycles. The summed E-state index contributed by atoms with van der Waals surface area (Å²) < 4.78 is 13.6. The van der Waals surface area contributed by atoms with Crippen LogP contribution in [0.1, 0.15) is 5.56 Å². The number of aromatic amines is 1. The fraction of sp³-hybridized carbons (Fsp3) is 0. The number of nitrogens with zero attached hydrogens (tertiary/aromatic N) is 2. The Morgan fingerprint density at radius 3 is 2.82 bits per heavy atom. The molecule has 0 atom stereocenters. The van der Waals surface area contributed by atoms with E-state index in [9.17, 15) is 4.39 Å². The molecule has 0 radical (unpaired) electrons. The summed E-state index contributed by atoms with van der Waals surface area (Å²) in [5.74, 6) is -0.499. The highest BCUT2D eigenvalue weighted by molar-refractivity contribution is 7.71. The lowest BCUT2D eigenvalue weighted by molar-refractivity contribution is 0.628. The lowest BCUT2D eigenvalue weighted by atomic mass is 10.1. The van der Waals surface area contributed by atoms with Crippen molar-refractivity contribution in [3.8, 4) is 17.2 Å². The number of H-pyrrole nitrogens is 1. The molecule has 2 aromatic rings. The van der Waals surface area contributed by atoms with Crippen LogP contribution >= 0.6 is 23.8 Å². The third-order valence-corrected chi connectivity index (χ3v) is 2.62. The molecule has 0 unspecified atom stereocenters. The van der Waals surface area contributed by atoms with Crippen molar-refractivity contribution in [3.63, 3.8) is 0 Å². The number of benzene rings is 1. The van der Waals surface area contributed by atoms with E-state index in [1.807, 2.05) is 6.07 Å². The van der Waals surface area contributed by atoms with Gasteiger partial charge in [0.2, 0.25) is 0 Å². The maximum Gasteiger partial charge on any atom is 0.150 e. The molecule has 2 rings (SSSR count). The highest BCUT2D eigenvalue weighted by Crippen LogP contribution is 2.23. The monoisotopic (exact) mass is 265 g/mol. The predicted octanol–water partition coefficient (Wildman–Crippen LogP) is 3.47. The van der Waals surface area contributed by atoms with E-state index in [-0.39, 0.29) is 10.7 Å². The molecular formula is C11H5ClFN3S. The Morgan fingerprint density at radius 2 is 2.12 bits per heavy atom. The van der Waals surface area contributed by atoms with E-state index in [0.717, 1.165) is 6.07 Å². The fourth-order valence-electron chi connectivity index (χ4n) is 1.41. The quantitative estimate of drug-likeness (QED) is 0.803. The number of nitrogens with one attached hydrogen (secondary N) is 1. The topological polar surface area (TPSA) is 52.5 Å². The van der Waals surface area contributed by atoms with Crippen molar-refractivity contribution in [3.05, 3.63) is 45.4 Å². The van der Waals surface area contributed by atoms with Gasteiger partial charge in [-0.25, -0.2) is 4.39 Å². The summed E-state index contributed by atoms with van der Waals surface area (Å²) in [5.41, 5.74) is 1.26. The smallest absolute Gasteiger partial charge is 0.150 e. The molecule has 17 heavy (non-hydrogen) atoms. The number of aromatic nitrogens is 2. The average molecular weight is 266 g/mol. The summed E-state index contributed by atoms with van der Waals surface area (Å²) in [6.07, 6.45) is 0. The Balaban J connectivity index is 2.69.